The first kappa shape index (κ1) is 15.9. The van der Waals surface area contributed by atoms with Crippen molar-refractivity contribution in [2.45, 2.75) is 18.9 Å². The zero-order valence-electron chi connectivity index (χ0n) is 12.9. The van der Waals surface area contributed by atoms with E-state index in [0.717, 1.165) is 0 Å². The molecule has 6 nitrogen and oxygen atoms in total. The number of piperidine rings is 1. The van der Waals surface area contributed by atoms with Gasteiger partial charge >= 0.3 is 0 Å². The molecule has 2 aromatic rings. The van der Waals surface area contributed by atoms with Crippen molar-refractivity contribution in [1.82, 2.24) is 14.9 Å². The molecule has 0 bridgehead atoms. The van der Waals surface area contributed by atoms with Gasteiger partial charge in [0.1, 0.15) is 23.1 Å². The summed E-state index contributed by atoms with van der Waals surface area (Å²) in [7, 11) is 0. The molecule has 122 valence electrons. The molecule has 2 heterocycles. The molecule has 0 aliphatic carbocycles. The fourth-order valence-electron chi connectivity index (χ4n) is 2.78. The van der Waals surface area contributed by atoms with E-state index < -0.39 is 5.82 Å². The summed E-state index contributed by atoms with van der Waals surface area (Å²) >= 11 is 0. The maximum Gasteiger partial charge on any atom is 0.274 e. The average Bonchev–Trinajstić information content (AvgIpc) is 2.63. The van der Waals surface area contributed by atoms with Crippen molar-refractivity contribution in [3.63, 3.8) is 0 Å². The second-order valence-corrected chi connectivity index (χ2v) is 5.58. The summed E-state index contributed by atoms with van der Waals surface area (Å²) in [5, 5.41) is 12.3. The van der Waals surface area contributed by atoms with Gasteiger partial charge in [0.15, 0.2) is 0 Å². The lowest BCUT2D eigenvalue weighted by Gasteiger charge is -2.32. The SMILES string of the molecule is N#Cc1c(F)cccc1NC1CCN(C(=O)c2cnccn2)CC1. The number of amides is 1. The Labute approximate surface area is 139 Å². The molecule has 1 aliphatic heterocycles. The van der Waals surface area contributed by atoms with Crippen molar-refractivity contribution in [3.8, 4) is 6.07 Å². The highest BCUT2D eigenvalue weighted by molar-refractivity contribution is 5.92. The summed E-state index contributed by atoms with van der Waals surface area (Å²) in [4.78, 5) is 22.0. The van der Waals surface area contributed by atoms with Crippen LogP contribution < -0.4 is 5.32 Å². The molecule has 1 aliphatic rings. The van der Waals surface area contributed by atoms with Crippen LogP contribution in [0.25, 0.3) is 0 Å². The molecule has 0 unspecified atom stereocenters. The Morgan fingerprint density at radius 2 is 2.12 bits per heavy atom. The molecule has 1 amide bonds. The highest BCUT2D eigenvalue weighted by Crippen LogP contribution is 2.22. The normalized spacial score (nSPS) is 14.9. The summed E-state index contributed by atoms with van der Waals surface area (Å²) in [5.41, 5.74) is 0.854. The molecule has 1 fully saturated rings. The Kier molecular flexibility index (Phi) is 4.66. The van der Waals surface area contributed by atoms with Gasteiger partial charge in [-0.1, -0.05) is 6.07 Å². The molecule has 0 atom stereocenters. The first-order chi connectivity index (χ1) is 11.7. The third kappa shape index (κ3) is 3.33. The summed E-state index contributed by atoms with van der Waals surface area (Å²) in [6.45, 7) is 1.15. The van der Waals surface area contributed by atoms with Gasteiger partial charge in [-0.3, -0.25) is 9.78 Å². The molecule has 0 radical (unpaired) electrons. The minimum Gasteiger partial charge on any atom is -0.381 e. The lowest BCUT2D eigenvalue weighted by Crippen LogP contribution is -2.42. The van der Waals surface area contributed by atoms with Gasteiger partial charge < -0.3 is 10.2 Å². The van der Waals surface area contributed by atoms with Gasteiger partial charge in [0.2, 0.25) is 0 Å². The Bertz CT molecular complexity index is 766. The van der Waals surface area contributed by atoms with Gasteiger partial charge in [-0.25, -0.2) is 9.37 Å². The van der Waals surface area contributed by atoms with Crippen LogP contribution in [0.15, 0.2) is 36.8 Å². The minimum absolute atomic E-state index is 0.0237. The maximum atomic E-state index is 13.6. The Morgan fingerprint density at radius 3 is 2.79 bits per heavy atom. The fourth-order valence-corrected chi connectivity index (χ4v) is 2.78. The van der Waals surface area contributed by atoms with E-state index in [1.807, 2.05) is 6.07 Å². The summed E-state index contributed by atoms with van der Waals surface area (Å²) in [5.74, 6) is -0.664. The van der Waals surface area contributed by atoms with Crippen molar-refractivity contribution >= 4 is 11.6 Å². The number of hydrogen-bond donors (Lipinski definition) is 1. The van der Waals surface area contributed by atoms with Crippen LogP contribution in [0.1, 0.15) is 28.9 Å². The van der Waals surface area contributed by atoms with E-state index >= 15 is 0 Å². The van der Waals surface area contributed by atoms with Gasteiger partial charge in [0, 0.05) is 31.5 Å². The Morgan fingerprint density at radius 1 is 1.33 bits per heavy atom. The van der Waals surface area contributed by atoms with Crippen molar-refractivity contribution in [1.29, 1.82) is 5.26 Å². The fraction of sp³-hybridized carbons (Fsp3) is 0.294. The van der Waals surface area contributed by atoms with Crippen molar-refractivity contribution in [3.05, 3.63) is 53.9 Å². The van der Waals surface area contributed by atoms with Gasteiger partial charge in [-0.2, -0.15) is 5.26 Å². The maximum absolute atomic E-state index is 13.6. The molecule has 1 N–H and O–H groups in total. The van der Waals surface area contributed by atoms with Crippen LogP contribution in [0.3, 0.4) is 0 Å². The number of nitrogens with one attached hydrogen (secondary N) is 1. The summed E-state index contributed by atoms with van der Waals surface area (Å²) in [6.07, 6.45) is 5.91. The van der Waals surface area contributed by atoms with E-state index in [-0.39, 0.29) is 17.5 Å². The lowest BCUT2D eigenvalue weighted by molar-refractivity contribution is 0.0712. The van der Waals surface area contributed by atoms with Crippen LogP contribution in [0.5, 0.6) is 0 Å². The smallest absolute Gasteiger partial charge is 0.274 e. The molecule has 3 rings (SSSR count). The Hall–Kier alpha value is -3.01. The standard InChI is InChI=1S/C17H16FN5O/c18-14-2-1-3-15(13(14)10-19)22-12-4-8-23(9-5-12)17(24)16-11-20-6-7-21-16/h1-3,6-7,11-12,22H,4-5,8-9H2. The first-order valence-electron chi connectivity index (χ1n) is 7.69. The van der Waals surface area contributed by atoms with Gasteiger partial charge in [-0.15, -0.1) is 0 Å². The number of benzene rings is 1. The van der Waals surface area contributed by atoms with E-state index in [1.54, 1.807) is 17.0 Å². The highest BCUT2D eigenvalue weighted by Gasteiger charge is 2.25. The minimum atomic E-state index is -0.530. The molecule has 0 saturated carbocycles. The molecule has 1 saturated heterocycles. The first-order valence-corrected chi connectivity index (χ1v) is 7.69. The average molecular weight is 325 g/mol. The van der Waals surface area contributed by atoms with Crippen LogP contribution in [0.4, 0.5) is 10.1 Å². The van der Waals surface area contributed by atoms with Gasteiger partial charge in [0.05, 0.1) is 11.9 Å². The molecule has 1 aromatic heterocycles. The second kappa shape index (κ2) is 7.04. The van der Waals surface area contributed by atoms with Crippen molar-refractivity contribution < 1.29 is 9.18 Å². The predicted molar refractivity (Wildman–Crippen MR) is 85.7 cm³/mol. The van der Waals surface area contributed by atoms with Crippen LogP contribution in [-0.2, 0) is 0 Å². The molecule has 24 heavy (non-hydrogen) atoms. The van der Waals surface area contributed by atoms with E-state index in [9.17, 15) is 9.18 Å². The number of rotatable bonds is 3. The molecular formula is C17H16FN5O. The quantitative estimate of drug-likeness (QED) is 0.935. The molecular weight excluding hydrogens is 309 g/mol. The molecule has 0 spiro atoms. The summed E-state index contributed by atoms with van der Waals surface area (Å²) in [6, 6.07) is 6.51. The number of carbonyl (C=O) groups excluding carboxylic acids is 1. The van der Waals surface area contributed by atoms with Crippen molar-refractivity contribution in [2.75, 3.05) is 18.4 Å². The van der Waals surface area contributed by atoms with E-state index in [4.69, 9.17) is 5.26 Å². The number of nitriles is 1. The van der Waals surface area contributed by atoms with E-state index in [2.05, 4.69) is 15.3 Å². The molecule has 7 heteroatoms. The third-order valence-electron chi connectivity index (χ3n) is 4.05. The van der Waals surface area contributed by atoms with E-state index in [0.29, 0.717) is 37.3 Å². The van der Waals surface area contributed by atoms with Crippen LogP contribution in [0, 0.1) is 17.1 Å². The monoisotopic (exact) mass is 325 g/mol. The zero-order valence-corrected chi connectivity index (χ0v) is 12.9. The van der Waals surface area contributed by atoms with Crippen LogP contribution in [-0.4, -0.2) is 39.9 Å². The van der Waals surface area contributed by atoms with Crippen LogP contribution >= 0.6 is 0 Å². The number of likely N-dealkylation sites (tertiary alicyclic amines) is 1. The third-order valence-corrected chi connectivity index (χ3v) is 4.05. The van der Waals surface area contributed by atoms with Crippen molar-refractivity contribution in [2.24, 2.45) is 0 Å². The van der Waals surface area contributed by atoms with Crippen LogP contribution in [0.2, 0.25) is 0 Å². The zero-order chi connectivity index (χ0) is 16.9. The number of aromatic nitrogens is 2. The van der Waals surface area contributed by atoms with Gasteiger partial charge in [-0.05, 0) is 25.0 Å². The predicted octanol–water partition coefficient (Wildman–Crippen LogP) is 2.20. The number of hydrogen-bond acceptors (Lipinski definition) is 5. The topological polar surface area (TPSA) is 81.9 Å². The second-order valence-electron chi connectivity index (χ2n) is 5.58. The number of nitrogens with zero attached hydrogens (tertiary/aromatic N) is 4. The highest BCUT2D eigenvalue weighted by atomic mass is 19.1. The number of anilines is 1. The number of halogens is 1. The lowest BCUT2D eigenvalue weighted by atomic mass is 10.0. The number of carbonyl (C=O) groups is 1. The van der Waals surface area contributed by atoms with Gasteiger partial charge in [0.25, 0.3) is 5.91 Å². The molecule has 1 aromatic carbocycles. The Balaban J connectivity index is 1.61. The largest absolute Gasteiger partial charge is 0.381 e. The summed E-state index contributed by atoms with van der Waals surface area (Å²) < 4.78 is 13.6. The van der Waals surface area contributed by atoms with E-state index in [1.165, 1.54) is 24.7 Å².